The third-order valence-electron chi connectivity index (χ3n) is 2.23. The van der Waals surface area contributed by atoms with Crippen LogP contribution in [-0.4, -0.2) is 18.9 Å². The number of methoxy groups -OCH3 is 1. The highest BCUT2D eigenvalue weighted by Gasteiger charge is 2.10. The molecule has 0 aliphatic rings. The van der Waals surface area contributed by atoms with Crippen LogP contribution in [0.15, 0.2) is 22.7 Å². The Morgan fingerprint density at radius 3 is 2.56 bits per heavy atom. The molecule has 0 unspecified atom stereocenters. The van der Waals surface area contributed by atoms with Gasteiger partial charge in [-0.1, -0.05) is 28.9 Å². The molecule has 0 aliphatic heterocycles. The number of ether oxygens (including phenoxy) is 1. The van der Waals surface area contributed by atoms with E-state index < -0.39 is 0 Å². The van der Waals surface area contributed by atoms with Gasteiger partial charge in [0, 0.05) is 16.5 Å². The van der Waals surface area contributed by atoms with Crippen molar-refractivity contribution in [1.82, 2.24) is 0 Å². The van der Waals surface area contributed by atoms with Crippen LogP contribution in [0.25, 0.3) is 0 Å². The second-order valence-corrected chi connectivity index (χ2v) is 4.20. The van der Waals surface area contributed by atoms with E-state index in [4.69, 9.17) is 0 Å². The normalized spacial score (nSPS) is 9.94. The Morgan fingerprint density at radius 2 is 2.06 bits per heavy atom. The number of rotatable bonds is 4. The van der Waals surface area contributed by atoms with Crippen molar-refractivity contribution in [2.75, 3.05) is 7.11 Å². The van der Waals surface area contributed by atoms with Gasteiger partial charge < -0.3 is 4.74 Å². The van der Waals surface area contributed by atoms with Gasteiger partial charge in [0.1, 0.15) is 0 Å². The first-order valence-corrected chi connectivity index (χ1v) is 5.76. The summed E-state index contributed by atoms with van der Waals surface area (Å²) < 4.78 is 5.29. The van der Waals surface area contributed by atoms with Crippen molar-refractivity contribution in [3.8, 4) is 0 Å². The molecule has 0 saturated carbocycles. The van der Waals surface area contributed by atoms with Gasteiger partial charge in [-0.05, 0) is 17.7 Å². The summed E-state index contributed by atoms with van der Waals surface area (Å²) in [5, 5.41) is 0. The Hall–Kier alpha value is -1.16. The number of benzene rings is 1. The van der Waals surface area contributed by atoms with Crippen LogP contribution in [0.4, 0.5) is 0 Å². The van der Waals surface area contributed by atoms with Crippen LogP contribution in [0, 0.1) is 0 Å². The fourth-order valence-corrected chi connectivity index (χ4v) is 1.97. The molecule has 1 aromatic rings. The van der Waals surface area contributed by atoms with Gasteiger partial charge in [0.05, 0.1) is 13.5 Å². The average Bonchev–Trinajstić information content (AvgIpc) is 2.28. The molecule has 86 valence electrons. The van der Waals surface area contributed by atoms with Crippen molar-refractivity contribution >= 4 is 27.7 Å². The zero-order valence-electron chi connectivity index (χ0n) is 9.25. The lowest BCUT2D eigenvalue weighted by atomic mass is 10.1. The monoisotopic (exact) mass is 284 g/mol. The lowest BCUT2D eigenvalue weighted by Gasteiger charge is -2.05. The summed E-state index contributed by atoms with van der Waals surface area (Å²) in [5.74, 6) is -0.210. The van der Waals surface area contributed by atoms with Crippen molar-refractivity contribution in [3.63, 3.8) is 0 Å². The van der Waals surface area contributed by atoms with Crippen LogP contribution in [0.3, 0.4) is 0 Å². The first-order valence-electron chi connectivity index (χ1n) is 4.97. The zero-order valence-corrected chi connectivity index (χ0v) is 10.8. The van der Waals surface area contributed by atoms with Crippen molar-refractivity contribution in [1.29, 1.82) is 0 Å². The fraction of sp³-hybridized carbons (Fsp3) is 0.333. The van der Waals surface area contributed by atoms with Crippen molar-refractivity contribution in [2.45, 2.75) is 19.8 Å². The van der Waals surface area contributed by atoms with E-state index in [1.165, 1.54) is 7.11 Å². The van der Waals surface area contributed by atoms with E-state index >= 15 is 0 Å². The van der Waals surface area contributed by atoms with Gasteiger partial charge in [-0.25, -0.2) is 0 Å². The largest absolute Gasteiger partial charge is 0.469 e. The lowest BCUT2D eigenvalue weighted by molar-refractivity contribution is -0.139. The van der Waals surface area contributed by atoms with Gasteiger partial charge >= 0.3 is 5.97 Å². The molecule has 0 bridgehead atoms. The quantitative estimate of drug-likeness (QED) is 0.631. The summed E-state index contributed by atoms with van der Waals surface area (Å²) in [5.41, 5.74) is 1.47. The summed E-state index contributed by atoms with van der Waals surface area (Å²) in [4.78, 5) is 22.6. The van der Waals surface area contributed by atoms with Crippen molar-refractivity contribution in [2.24, 2.45) is 0 Å². The number of carbonyl (C=O) groups excluding carboxylic acids is 2. The second kappa shape index (κ2) is 5.80. The summed E-state index contributed by atoms with van der Waals surface area (Å²) in [6, 6.07) is 5.28. The van der Waals surface area contributed by atoms with Crippen molar-refractivity contribution < 1.29 is 14.3 Å². The average molecular weight is 285 g/mol. The number of ketones is 1. The summed E-state index contributed by atoms with van der Waals surface area (Å²) in [6.45, 7) is 1.82. The number of carbonyl (C=O) groups is 2. The van der Waals surface area contributed by atoms with E-state index in [-0.39, 0.29) is 18.2 Å². The number of halogens is 1. The lowest BCUT2D eigenvalue weighted by Crippen LogP contribution is -2.05. The molecule has 4 heteroatoms. The maximum Gasteiger partial charge on any atom is 0.309 e. The van der Waals surface area contributed by atoms with Gasteiger partial charge in [-0.3, -0.25) is 9.59 Å². The molecular weight excluding hydrogens is 272 g/mol. The van der Waals surface area contributed by atoms with Crippen LogP contribution in [-0.2, 0) is 16.0 Å². The van der Waals surface area contributed by atoms with Gasteiger partial charge in [-0.15, -0.1) is 0 Å². The van der Waals surface area contributed by atoms with Gasteiger partial charge in [0.2, 0.25) is 0 Å². The molecule has 0 N–H and O–H groups in total. The van der Waals surface area contributed by atoms with E-state index in [1.54, 1.807) is 18.2 Å². The van der Waals surface area contributed by atoms with Gasteiger partial charge in [-0.2, -0.15) is 0 Å². The van der Waals surface area contributed by atoms with E-state index in [0.29, 0.717) is 12.0 Å². The topological polar surface area (TPSA) is 43.4 Å². The van der Waals surface area contributed by atoms with Crippen LogP contribution in [0.5, 0.6) is 0 Å². The maximum atomic E-state index is 11.5. The summed E-state index contributed by atoms with van der Waals surface area (Å²) in [6.07, 6.45) is 0.685. The number of esters is 1. The first-order chi connectivity index (χ1) is 7.58. The molecule has 0 spiro atoms. The smallest absolute Gasteiger partial charge is 0.309 e. The minimum absolute atomic E-state index is 0.0801. The molecule has 0 aliphatic carbocycles. The van der Waals surface area contributed by atoms with Crippen LogP contribution < -0.4 is 0 Å². The highest BCUT2D eigenvalue weighted by molar-refractivity contribution is 9.10. The minimum Gasteiger partial charge on any atom is -0.469 e. The Morgan fingerprint density at radius 1 is 1.38 bits per heavy atom. The zero-order chi connectivity index (χ0) is 12.1. The molecule has 0 saturated heterocycles. The SMILES string of the molecule is CCC(=O)c1ccc(CC(=O)OC)cc1Br. The molecular formula is C12H13BrO3. The predicted octanol–water partition coefficient (Wildman–Crippen LogP) is 2.76. The Labute approximate surface area is 103 Å². The number of hydrogen-bond donors (Lipinski definition) is 0. The molecule has 0 amide bonds. The Kier molecular flexibility index (Phi) is 4.68. The summed E-state index contributed by atoms with van der Waals surface area (Å²) >= 11 is 3.33. The van der Waals surface area contributed by atoms with Gasteiger partial charge in [0.15, 0.2) is 5.78 Å². The second-order valence-electron chi connectivity index (χ2n) is 3.34. The highest BCUT2D eigenvalue weighted by Crippen LogP contribution is 2.20. The standard InChI is InChI=1S/C12H13BrO3/c1-3-11(14)9-5-4-8(6-10(9)13)7-12(15)16-2/h4-6H,3,7H2,1-2H3. The van der Waals surface area contributed by atoms with Crippen LogP contribution in [0.1, 0.15) is 29.3 Å². The van der Waals surface area contributed by atoms with E-state index in [0.717, 1.165) is 10.0 Å². The van der Waals surface area contributed by atoms with E-state index in [1.807, 2.05) is 6.92 Å². The molecule has 0 heterocycles. The molecule has 0 atom stereocenters. The Balaban J connectivity index is 2.91. The van der Waals surface area contributed by atoms with Crippen LogP contribution >= 0.6 is 15.9 Å². The third-order valence-corrected chi connectivity index (χ3v) is 2.89. The summed E-state index contributed by atoms with van der Waals surface area (Å²) in [7, 11) is 1.35. The van der Waals surface area contributed by atoms with E-state index in [2.05, 4.69) is 20.7 Å². The molecule has 1 rings (SSSR count). The fourth-order valence-electron chi connectivity index (χ4n) is 1.32. The van der Waals surface area contributed by atoms with Gasteiger partial charge in [0.25, 0.3) is 0 Å². The highest BCUT2D eigenvalue weighted by atomic mass is 79.9. The molecule has 3 nitrogen and oxygen atoms in total. The third kappa shape index (κ3) is 3.17. The van der Waals surface area contributed by atoms with Crippen LogP contribution in [0.2, 0.25) is 0 Å². The van der Waals surface area contributed by atoms with E-state index in [9.17, 15) is 9.59 Å². The predicted molar refractivity (Wildman–Crippen MR) is 64.5 cm³/mol. The Bertz CT molecular complexity index is 413. The molecule has 0 radical (unpaired) electrons. The molecule has 0 aromatic heterocycles. The first kappa shape index (κ1) is 12.9. The molecule has 16 heavy (non-hydrogen) atoms. The molecule has 0 fully saturated rings. The maximum absolute atomic E-state index is 11.5. The molecule has 1 aromatic carbocycles. The number of hydrogen-bond acceptors (Lipinski definition) is 3. The minimum atomic E-state index is -0.290. The van der Waals surface area contributed by atoms with Crippen molar-refractivity contribution in [3.05, 3.63) is 33.8 Å². The number of Topliss-reactive ketones (excluding diaryl/α,β-unsaturated/α-hetero) is 1.